The van der Waals surface area contributed by atoms with E-state index < -0.39 is 0 Å². The predicted octanol–water partition coefficient (Wildman–Crippen LogP) is 3.55. The maximum atomic E-state index is 5.45. The molecule has 0 aliphatic carbocycles. The predicted molar refractivity (Wildman–Crippen MR) is 87.8 cm³/mol. The number of para-hydroxylation sites is 2. The molecule has 1 N–H and O–H groups in total. The summed E-state index contributed by atoms with van der Waals surface area (Å²) in [5, 5.41) is 3.60. The zero-order chi connectivity index (χ0) is 15.2. The van der Waals surface area contributed by atoms with Gasteiger partial charge in [0.15, 0.2) is 0 Å². The topological polar surface area (TPSA) is 24.5 Å². The van der Waals surface area contributed by atoms with Gasteiger partial charge in [0.05, 0.1) is 12.8 Å². The Bertz CT molecular complexity index is 404. The van der Waals surface area contributed by atoms with Crippen LogP contribution in [-0.2, 0) is 0 Å². The number of nitrogens with zero attached hydrogens (tertiary/aromatic N) is 1. The van der Waals surface area contributed by atoms with Crippen molar-refractivity contribution in [1.29, 1.82) is 0 Å². The highest BCUT2D eigenvalue weighted by Gasteiger charge is 2.27. The molecule has 0 fully saturated rings. The van der Waals surface area contributed by atoms with Gasteiger partial charge in [-0.05, 0) is 37.4 Å². The van der Waals surface area contributed by atoms with Gasteiger partial charge >= 0.3 is 0 Å². The maximum Gasteiger partial charge on any atom is 0.142 e. The van der Waals surface area contributed by atoms with Gasteiger partial charge in [0.25, 0.3) is 0 Å². The Hall–Kier alpha value is -1.22. The second-order valence-corrected chi connectivity index (χ2v) is 6.19. The Kier molecular flexibility index (Phi) is 6.34. The molecule has 1 aromatic rings. The summed E-state index contributed by atoms with van der Waals surface area (Å²) in [5.74, 6) is 0.931. The van der Waals surface area contributed by atoms with Crippen LogP contribution in [0.1, 0.15) is 34.1 Å². The first-order valence-corrected chi connectivity index (χ1v) is 7.50. The number of anilines is 1. The molecule has 0 saturated heterocycles. The van der Waals surface area contributed by atoms with E-state index in [-0.39, 0.29) is 5.41 Å². The van der Waals surface area contributed by atoms with Crippen LogP contribution < -0.4 is 15.0 Å². The number of methoxy groups -OCH3 is 1. The second-order valence-electron chi connectivity index (χ2n) is 6.19. The molecular weight excluding hydrogens is 248 g/mol. The molecule has 1 rings (SSSR count). The van der Waals surface area contributed by atoms with Crippen molar-refractivity contribution in [2.24, 2.45) is 5.41 Å². The van der Waals surface area contributed by atoms with Crippen molar-refractivity contribution < 1.29 is 4.74 Å². The molecule has 0 heterocycles. The molecule has 0 bridgehead atoms. The van der Waals surface area contributed by atoms with Crippen LogP contribution >= 0.6 is 0 Å². The van der Waals surface area contributed by atoms with Gasteiger partial charge in [0.2, 0.25) is 0 Å². The molecule has 114 valence electrons. The van der Waals surface area contributed by atoms with Crippen LogP contribution in [0, 0.1) is 5.41 Å². The van der Waals surface area contributed by atoms with E-state index in [0.717, 1.165) is 24.5 Å². The highest BCUT2D eigenvalue weighted by molar-refractivity contribution is 5.58. The number of hydrogen-bond donors (Lipinski definition) is 1. The largest absolute Gasteiger partial charge is 0.495 e. The first-order chi connectivity index (χ1) is 9.42. The average molecular weight is 278 g/mol. The van der Waals surface area contributed by atoms with Gasteiger partial charge in [-0.1, -0.05) is 32.9 Å². The summed E-state index contributed by atoms with van der Waals surface area (Å²) in [6.45, 7) is 11.1. The Morgan fingerprint density at radius 3 is 2.55 bits per heavy atom. The summed E-state index contributed by atoms with van der Waals surface area (Å²) >= 11 is 0. The van der Waals surface area contributed by atoms with Crippen LogP contribution in [0.15, 0.2) is 24.3 Å². The Balaban J connectivity index is 2.75. The first kappa shape index (κ1) is 16.8. The molecule has 0 radical (unpaired) electrons. The van der Waals surface area contributed by atoms with Gasteiger partial charge in [-0.3, -0.25) is 0 Å². The Morgan fingerprint density at radius 1 is 1.30 bits per heavy atom. The monoisotopic (exact) mass is 278 g/mol. The number of hydrogen-bond acceptors (Lipinski definition) is 3. The molecule has 0 aliphatic heterocycles. The molecule has 0 spiro atoms. The number of ether oxygens (including phenoxy) is 1. The van der Waals surface area contributed by atoms with E-state index in [1.807, 2.05) is 12.1 Å². The van der Waals surface area contributed by atoms with E-state index in [4.69, 9.17) is 4.74 Å². The highest BCUT2D eigenvalue weighted by Crippen LogP contribution is 2.30. The summed E-state index contributed by atoms with van der Waals surface area (Å²) in [4.78, 5) is 2.28. The van der Waals surface area contributed by atoms with E-state index in [0.29, 0.717) is 6.04 Å². The molecule has 3 nitrogen and oxygen atoms in total. The van der Waals surface area contributed by atoms with Crippen LogP contribution in [0.3, 0.4) is 0 Å². The van der Waals surface area contributed by atoms with Crippen LogP contribution in [0.25, 0.3) is 0 Å². The highest BCUT2D eigenvalue weighted by atomic mass is 16.5. The molecule has 0 saturated carbocycles. The first-order valence-electron chi connectivity index (χ1n) is 7.50. The molecule has 1 aromatic carbocycles. The van der Waals surface area contributed by atoms with Gasteiger partial charge in [-0.2, -0.15) is 0 Å². The van der Waals surface area contributed by atoms with Crippen molar-refractivity contribution in [2.75, 3.05) is 32.1 Å². The van der Waals surface area contributed by atoms with E-state index in [9.17, 15) is 0 Å². The van der Waals surface area contributed by atoms with Crippen LogP contribution in [0.5, 0.6) is 5.75 Å². The van der Waals surface area contributed by atoms with Crippen LogP contribution in [0.4, 0.5) is 5.69 Å². The fraction of sp³-hybridized carbons (Fsp3) is 0.647. The normalized spacial score (nSPS) is 13.1. The van der Waals surface area contributed by atoms with Gasteiger partial charge in [0.1, 0.15) is 5.75 Å². The minimum absolute atomic E-state index is 0.185. The van der Waals surface area contributed by atoms with Gasteiger partial charge in [0, 0.05) is 19.6 Å². The van der Waals surface area contributed by atoms with Crippen LogP contribution in [0.2, 0.25) is 0 Å². The molecule has 0 aliphatic rings. The van der Waals surface area contributed by atoms with E-state index >= 15 is 0 Å². The van der Waals surface area contributed by atoms with Crippen molar-refractivity contribution in [3.63, 3.8) is 0 Å². The lowest BCUT2D eigenvalue weighted by atomic mass is 9.84. The standard InChI is InChI=1S/C17H30N2O/c1-7-12-18-14(2)17(3,4)13-19(5)15-10-8-9-11-16(15)20-6/h8-11,14,18H,7,12-13H2,1-6H3. The van der Waals surface area contributed by atoms with Gasteiger partial charge in [-0.15, -0.1) is 0 Å². The van der Waals surface area contributed by atoms with Crippen molar-refractivity contribution in [3.05, 3.63) is 24.3 Å². The number of benzene rings is 1. The minimum Gasteiger partial charge on any atom is -0.495 e. The third-order valence-electron chi connectivity index (χ3n) is 4.01. The SMILES string of the molecule is CCCNC(C)C(C)(C)CN(C)c1ccccc1OC. The fourth-order valence-electron chi connectivity index (χ4n) is 2.42. The van der Waals surface area contributed by atoms with Gasteiger partial charge in [-0.25, -0.2) is 0 Å². The lowest BCUT2D eigenvalue weighted by Gasteiger charge is -2.37. The summed E-state index contributed by atoms with van der Waals surface area (Å²) in [6, 6.07) is 8.66. The Labute approximate surface area is 124 Å². The summed E-state index contributed by atoms with van der Waals surface area (Å²) in [6.07, 6.45) is 1.17. The van der Waals surface area contributed by atoms with E-state index in [2.05, 4.69) is 57.1 Å². The molecule has 20 heavy (non-hydrogen) atoms. The van der Waals surface area contributed by atoms with E-state index in [1.165, 1.54) is 6.42 Å². The smallest absolute Gasteiger partial charge is 0.142 e. The third kappa shape index (κ3) is 4.41. The summed E-state index contributed by atoms with van der Waals surface area (Å²) in [7, 11) is 3.86. The Morgan fingerprint density at radius 2 is 1.95 bits per heavy atom. The van der Waals surface area contributed by atoms with E-state index in [1.54, 1.807) is 7.11 Å². The summed E-state index contributed by atoms with van der Waals surface area (Å²) in [5.41, 5.74) is 1.33. The van der Waals surface area contributed by atoms with Crippen molar-refractivity contribution in [1.82, 2.24) is 5.32 Å². The molecule has 0 amide bonds. The molecule has 0 aromatic heterocycles. The lowest BCUT2D eigenvalue weighted by Crippen LogP contribution is -2.46. The second kappa shape index (κ2) is 7.53. The van der Waals surface area contributed by atoms with Crippen molar-refractivity contribution in [3.8, 4) is 5.75 Å². The molecule has 1 atom stereocenters. The number of nitrogens with one attached hydrogen (secondary N) is 1. The van der Waals surface area contributed by atoms with Crippen LogP contribution in [-0.4, -0.2) is 33.3 Å². The quantitative estimate of drug-likeness (QED) is 0.787. The third-order valence-corrected chi connectivity index (χ3v) is 4.01. The average Bonchev–Trinajstić information content (AvgIpc) is 2.43. The fourth-order valence-corrected chi connectivity index (χ4v) is 2.42. The molecule has 3 heteroatoms. The van der Waals surface area contributed by atoms with Gasteiger partial charge < -0.3 is 15.0 Å². The van der Waals surface area contributed by atoms with Crippen molar-refractivity contribution >= 4 is 5.69 Å². The summed E-state index contributed by atoms with van der Waals surface area (Å²) < 4.78 is 5.45. The zero-order valence-corrected chi connectivity index (χ0v) is 13.9. The maximum absolute atomic E-state index is 5.45. The molecular formula is C17H30N2O. The van der Waals surface area contributed by atoms with Crippen molar-refractivity contribution in [2.45, 2.75) is 40.2 Å². The lowest BCUT2D eigenvalue weighted by molar-refractivity contribution is 0.263. The number of rotatable bonds is 8. The molecule has 1 unspecified atom stereocenters. The zero-order valence-electron chi connectivity index (χ0n) is 13.9. The minimum atomic E-state index is 0.185.